The number of aromatic carboxylic acids is 1. The Morgan fingerprint density at radius 2 is 2.24 bits per heavy atom. The Balaban J connectivity index is 2.71. The van der Waals surface area contributed by atoms with Crippen LogP contribution in [0.15, 0.2) is 4.79 Å². The molecule has 0 aromatic carbocycles. The summed E-state index contributed by atoms with van der Waals surface area (Å²) in [5.41, 5.74) is -0.0177. The van der Waals surface area contributed by atoms with Crippen molar-refractivity contribution < 1.29 is 19.0 Å². The third-order valence-corrected chi connectivity index (χ3v) is 4.34. The van der Waals surface area contributed by atoms with E-state index in [1.165, 1.54) is 11.7 Å². The monoisotopic (exact) mass is 314 g/mol. The summed E-state index contributed by atoms with van der Waals surface area (Å²) in [5, 5.41) is 9.39. The van der Waals surface area contributed by atoms with Crippen LogP contribution in [0.4, 0.5) is 4.39 Å². The lowest BCUT2D eigenvalue weighted by atomic mass is 10.2. The van der Waals surface area contributed by atoms with Crippen LogP contribution in [-0.4, -0.2) is 41.0 Å². The van der Waals surface area contributed by atoms with Crippen molar-refractivity contribution >= 4 is 27.5 Å². The Kier molecular flexibility index (Phi) is 4.69. The van der Waals surface area contributed by atoms with Gasteiger partial charge in [0.25, 0.3) is 5.56 Å². The first-order chi connectivity index (χ1) is 10.0. The van der Waals surface area contributed by atoms with E-state index in [0.29, 0.717) is 29.2 Å². The highest BCUT2D eigenvalue weighted by atomic mass is 32.1. The molecule has 1 N–H and O–H groups in total. The Hall–Kier alpha value is -1.80. The zero-order valence-corrected chi connectivity index (χ0v) is 12.5. The maximum atomic E-state index is 12.7. The number of ether oxygens (including phenoxy) is 1. The second-order valence-corrected chi connectivity index (χ2v) is 5.46. The van der Waals surface area contributed by atoms with Gasteiger partial charge in [-0.3, -0.25) is 9.36 Å². The second-order valence-electron chi connectivity index (χ2n) is 4.46. The number of rotatable bonds is 6. The Bertz CT molecular complexity index is 738. The molecule has 6 nitrogen and oxygen atoms in total. The molecule has 0 aliphatic rings. The van der Waals surface area contributed by atoms with Gasteiger partial charge in [-0.25, -0.2) is 14.2 Å². The van der Waals surface area contributed by atoms with Gasteiger partial charge in [-0.05, 0) is 12.5 Å². The molecule has 21 heavy (non-hydrogen) atoms. The number of carboxylic acid groups (broad SMARTS) is 1. The molecule has 0 amide bonds. The molecule has 2 rings (SSSR count). The molecule has 0 saturated heterocycles. The van der Waals surface area contributed by atoms with Gasteiger partial charge < -0.3 is 9.84 Å². The highest BCUT2D eigenvalue weighted by Crippen LogP contribution is 2.27. The Morgan fingerprint density at radius 1 is 1.52 bits per heavy atom. The molecule has 0 bridgehead atoms. The normalized spacial score (nSPS) is 11.2. The lowest BCUT2D eigenvalue weighted by Crippen LogP contribution is -2.27. The lowest BCUT2D eigenvalue weighted by Gasteiger charge is -2.10. The molecule has 0 spiro atoms. The third-order valence-electron chi connectivity index (χ3n) is 3.16. The summed E-state index contributed by atoms with van der Waals surface area (Å²) < 4.78 is 18.9. The van der Waals surface area contributed by atoms with Crippen LogP contribution in [0.25, 0.3) is 10.2 Å². The maximum absolute atomic E-state index is 12.7. The SMILES string of the molecule is COCCc1nc2sc(C(=O)O)c(C)c2c(=O)n1CCF. The summed E-state index contributed by atoms with van der Waals surface area (Å²) in [6.45, 7) is 1.13. The minimum absolute atomic E-state index is 0.0882. The number of carbonyl (C=O) groups is 1. The van der Waals surface area contributed by atoms with Gasteiger partial charge in [-0.1, -0.05) is 0 Å². The van der Waals surface area contributed by atoms with Crippen LogP contribution in [0.5, 0.6) is 0 Å². The predicted octanol–water partition coefficient (Wildman–Crippen LogP) is 1.62. The molecule has 2 aromatic heterocycles. The topological polar surface area (TPSA) is 81.4 Å². The Morgan fingerprint density at radius 3 is 2.81 bits per heavy atom. The summed E-state index contributed by atoms with van der Waals surface area (Å²) in [6.07, 6.45) is 0.362. The predicted molar refractivity (Wildman–Crippen MR) is 77.1 cm³/mol. The largest absolute Gasteiger partial charge is 0.477 e. The molecule has 2 heterocycles. The molecule has 0 aliphatic carbocycles. The quantitative estimate of drug-likeness (QED) is 0.876. The van der Waals surface area contributed by atoms with Crippen molar-refractivity contribution in [2.75, 3.05) is 20.4 Å². The first kappa shape index (κ1) is 15.6. The molecule has 0 aliphatic heterocycles. The number of nitrogens with zero attached hydrogens (tertiary/aromatic N) is 2. The van der Waals surface area contributed by atoms with Crippen LogP contribution < -0.4 is 5.56 Å². The van der Waals surface area contributed by atoms with Gasteiger partial charge in [0, 0.05) is 13.5 Å². The zero-order valence-electron chi connectivity index (χ0n) is 11.7. The zero-order chi connectivity index (χ0) is 15.6. The molecule has 0 atom stereocenters. The minimum atomic E-state index is -1.09. The van der Waals surface area contributed by atoms with Crippen molar-refractivity contribution in [1.82, 2.24) is 9.55 Å². The molecular weight excluding hydrogens is 299 g/mol. The van der Waals surface area contributed by atoms with Gasteiger partial charge in [0.15, 0.2) is 0 Å². The van der Waals surface area contributed by atoms with Crippen LogP contribution in [0, 0.1) is 6.92 Å². The third kappa shape index (κ3) is 2.81. The first-order valence-corrected chi connectivity index (χ1v) is 7.13. The number of fused-ring (bicyclic) bond motifs is 1. The number of alkyl halides is 1. The van der Waals surface area contributed by atoms with Crippen molar-refractivity contribution in [3.8, 4) is 0 Å². The molecule has 0 fully saturated rings. The summed E-state index contributed by atoms with van der Waals surface area (Å²) >= 11 is 0.962. The fourth-order valence-electron chi connectivity index (χ4n) is 2.16. The van der Waals surface area contributed by atoms with Gasteiger partial charge in [0.2, 0.25) is 0 Å². The van der Waals surface area contributed by atoms with E-state index in [1.54, 1.807) is 6.92 Å². The highest BCUT2D eigenvalue weighted by molar-refractivity contribution is 7.20. The van der Waals surface area contributed by atoms with Crippen LogP contribution in [0.3, 0.4) is 0 Å². The standard InChI is InChI=1S/C13H15FN2O4S/c1-7-9-11(21-10(7)13(18)19)15-8(3-6-20-2)16(5-4-14)12(9)17/h3-6H2,1-2H3,(H,18,19). The van der Waals surface area contributed by atoms with Crippen molar-refractivity contribution in [3.05, 3.63) is 26.6 Å². The van der Waals surface area contributed by atoms with Gasteiger partial charge in [0.05, 0.1) is 18.5 Å². The number of thiophene rings is 1. The fourth-order valence-corrected chi connectivity index (χ4v) is 3.19. The van der Waals surface area contributed by atoms with E-state index >= 15 is 0 Å². The summed E-state index contributed by atoms with van der Waals surface area (Å²) in [4.78, 5) is 28.4. The van der Waals surface area contributed by atoms with Gasteiger partial charge in [-0.15, -0.1) is 11.3 Å². The van der Waals surface area contributed by atoms with Crippen LogP contribution in [0.1, 0.15) is 21.1 Å². The molecule has 114 valence electrons. The number of hydrogen-bond acceptors (Lipinski definition) is 5. The molecule has 0 saturated carbocycles. The lowest BCUT2D eigenvalue weighted by molar-refractivity contribution is 0.0701. The summed E-state index contributed by atoms with van der Waals surface area (Å²) in [5.74, 6) is -0.685. The summed E-state index contributed by atoms with van der Waals surface area (Å²) in [7, 11) is 1.52. The van der Waals surface area contributed by atoms with Gasteiger partial charge in [-0.2, -0.15) is 0 Å². The van der Waals surface area contributed by atoms with E-state index in [0.717, 1.165) is 11.3 Å². The van der Waals surface area contributed by atoms with Crippen LogP contribution >= 0.6 is 11.3 Å². The van der Waals surface area contributed by atoms with E-state index in [-0.39, 0.29) is 16.8 Å². The summed E-state index contributed by atoms with van der Waals surface area (Å²) in [6, 6.07) is 0. The van der Waals surface area contributed by atoms with E-state index < -0.39 is 18.2 Å². The minimum Gasteiger partial charge on any atom is -0.477 e. The average Bonchev–Trinajstić information content (AvgIpc) is 2.77. The van der Waals surface area contributed by atoms with Crippen molar-refractivity contribution in [2.24, 2.45) is 0 Å². The molecule has 0 unspecified atom stereocenters. The second kappa shape index (κ2) is 6.31. The number of carboxylic acids is 1. The van der Waals surface area contributed by atoms with Crippen molar-refractivity contribution in [2.45, 2.75) is 19.9 Å². The first-order valence-electron chi connectivity index (χ1n) is 6.32. The average molecular weight is 314 g/mol. The van der Waals surface area contributed by atoms with Gasteiger partial charge in [0.1, 0.15) is 22.2 Å². The van der Waals surface area contributed by atoms with E-state index in [2.05, 4.69) is 4.98 Å². The van der Waals surface area contributed by atoms with E-state index in [4.69, 9.17) is 9.84 Å². The Labute approximate surface area is 123 Å². The van der Waals surface area contributed by atoms with Gasteiger partial charge >= 0.3 is 5.97 Å². The molecule has 0 radical (unpaired) electrons. The maximum Gasteiger partial charge on any atom is 0.346 e. The molecular formula is C13H15FN2O4S. The number of aromatic nitrogens is 2. The molecule has 8 heteroatoms. The van der Waals surface area contributed by atoms with Crippen molar-refractivity contribution in [1.29, 1.82) is 0 Å². The number of aryl methyl sites for hydroxylation is 1. The van der Waals surface area contributed by atoms with E-state index in [9.17, 15) is 14.0 Å². The smallest absolute Gasteiger partial charge is 0.346 e. The highest BCUT2D eigenvalue weighted by Gasteiger charge is 2.20. The molecule has 2 aromatic rings. The fraction of sp³-hybridized carbons (Fsp3) is 0.462. The van der Waals surface area contributed by atoms with Crippen molar-refractivity contribution in [3.63, 3.8) is 0 Å². The number of hydrogen-bond donors (Lipinski definition) is 1. The van der Waals surface area contributed by atoms with Crippen LogP contribution in [-0.2, 0) is 17.7 Å². The number of halogens is 1. The van der Waals surface area contributed by atoms with E-state index in [1.807, 2.05) is 0 Å². The number of methoxy groups -OCH3 is 1. The van der Waals surface area contributed by atoms with Crippen LogP contribution in [0.2, 0.25) is 0 Å².